The van der Waals surface area contributed by atoms with Crippen LogP contribution in [-0.4, -0.2) is 0 Å². The Bertz CT molecular complexity index is 2890. The largest absolute Gasteiger partial charge is 0.289 e. The van der Waals surface area contributed by atoms with Gasteiger partial charge in [0.1, 0.15) is 0 Å². The Morgan fingerprint density at radius 2 is 0.646 bits per heavy atom. The van der Waals surface area contributed by atoms with E-state index in [4.69, 9.17) is 0 Å². The van der Waals surface area contributed by atoms with Crippen LogP contribution in [0.3, 0.4) is 0 Å². The molecule has 0 bridgehead atoms. The highest BCUT2D eigenvalue weighted by molar-refractivity contribution is 6.51. The van der Waals surface area contributed by atoms with Crippen LogP contribution in [0.25, 0.3) is 97.7 Å². The molecule has 0 saturated carbocycles. The molecule has 0 saturated heterocycles. The lowest BCUT2D eigenvalue weighted by Crippen LogP contribution is -2.10. The van der Waals surface area contributed by atoms with Gasteiger partial charge in [0.15, 0.2) is 10.9 Å². The van der Waals surface area contributed by atoms with E-state index in [1.54, 1.807) is 12.1 Å². The first kappa shape index (κ1) is 27.5. The zero-order valence-corrected chi connectivity index (χ0v) is 27.9. The summed E-state index contributed by atoms with van der Waals surface area (Å²) < 4.78 is 0. The molecule has 0 aliphatic carbocycles. The quantitative estimate of drug-likeness (QED) is 0.143. The summed E-state index contributed by atoms with van der Waals surface area (Å²) in [6.07, 6.45) is 0. The van der Waals surface area contributed by atoms with Gasteiger partial charge in [0, 0.05) is 32.3 Å². The topological polar surface area (TPSA) is 34.1 Å². The molecule has 0 aliphatic rings. The van der Waals surface area contributed by atoms with Crippen LogP contribution in [0.1, 0.15) is 33.4 Å². The van der Waals surface area contributed by atoms with E-state index in [9.17, 15) is 9.59 Å². The average Bonchev–Trinajstić information content (AvgIpc) is 3.04. The van der Waals surface area contributed by atoms with Crippen molar-refractivity contribution >= 4 is 75.4 Å². The van der Waals surface area contributed by atoms with Crippen LogP contribution in [0, 0.1) is 41.5 Å². The second-order valence-electron chi connectivity index (χ2n) is 14.2. The zero-order valence-electron chi connectivity index (χ0n) is 27.9. The van der Waals surface area contributed by atoms with E-state index >= 15 is 0 Å². The van der Waals surface area contributed by atoms with Crippen molar-refractivity contribution in [3.8, 4) is 22.3 Å². The van der Waals surface area contributed by atoms with Crippen molar-refractivity contribution in [2.75, 3.05) is 0 Å². The molecular formula is C46H32O2. The van der Waals surface area contributed by atoms with Crippen LogP contribution in [0.4, 0.5) is 0 Å². The molecule has 0 aromatic heterocycles. The van der Waals surface area contributed by atoms with Crippen molar-refractivity contribution < 1.29 is 0 Å². The maximum Gasteiger partial charge on any atom is 0.187 e. The molecule has 0 atom stereocenters. The first-order chi connectivity index (χ1) is 23.2. The Morgan fingerprint density at radius 1 is 0.312 bits per heavy atom. The van der Waals surface area contributed by atoms with Crippen LogP contribution in [0.5, 0.6) is 0 Å². The molecule has 10 aromatic rings. The number of aryl methyl sites for hydroxylation is 6. The third-order valence-electron chi connectivity index (χ3n) is 11.2. The van der Waals surface area contributed by atoms with Crippen LogP contribution < -0.4 is 10.9 Å². The smallest absolute Gasteiger partial charge is 0.187 e. The van der Waals surface area contributed by atoms with Crippen molar-refractivity contribution in [2.45, 2.75) is 41.5 Å². The fraction of sp³-hybridized carbons (Fsp3) is 0.130. The van der Waals surface area contributed by atoms with Gasteiger partial charge in [0.05, 0.1) is 0 Å². The Morgan fingerprint density at radius 3 is 1.02 bits per heavy atom. The molecule has 2 heteroatoms. The van der Waals surface area contributed by atoms with E-state index in [0.29, 0.717) is 10.8 Å². The van der Waals surface area contributed by atoms with Crippen molar-refractivity contribution in [1.82, 2.24) is 0 Å². The molecule has 10 aromatic carbocycles. The second kappa shape index (κ2) is 9.05. The fourth-order valence-corrected chi connectivity index (χ4v) is 9.84. The number of fused-ring (bicyclic) bond motifs is 2. The molecule has 0 N–H and O–H groups in total. The second-order valence-corrected chi connectivity index (χ2v) is 14.2. The number of rotatable bonds is 2. The lowest BCUT2D eigenvalue weighted by Gasteiger charge is -2.27. The number of hydrogen-bond acceptors (Lipinski definition) is 2. The highest BCUT2D eigenvalue weighted by atomic mass is 16.1. The maximum absolute atomic E-state index is 14.3. The molecule has 0 fully saturated rings. The molecule has 0 heterocycles. The monoisotopic (exact) mass is 616 g/mol. The Balaban J connectivity index is 1.61. The first-order valence-electron chi connectivity index (χ1n) is 16.8. The van der Waals surface area contributed by atoms with E-state index in [0.717, 1.165) is 43.4 Å². The van der Waals surface area contributed by atoms with Crippen molar-refractivity contribution in [1.29, 1.82) is 0 Å². The van der Waals surface area contributed by atoms with E-state index in [1.165, 1.54) is 76.8 Å². The summed E-state index contributed by atoms with van der Waals surface area (Å²) in [7, 11) is 0. The van der Waals surface area contributed by atoms with Gasteiger partial charge < -0.3 is 0 Å². The van der Waals surface area contributed by atoms with Gasteiger partial charge in [0.25, 0.3) is 0 Å². The van der Waals surface area contributed by atoms with Crippen LogP contribution >= 0.6 is 0 Å². The molecule has 0 unspecified atom stereocenters. The third kappa shape index (κ3) is 3.18. The summed E-state index contributed by atoms with van der Waals surface area (Å²) >= 11 is 0. The zero-order chi connectivity index (χ0) is 32.9. The van der Waals surface area contributed by atoms with Gasteiger partial charge in [-0.3, -0.25) is 9.59 Å². The summed E-state index contributed by atoms with van der Waals surface area (Å²) in [5.74, 6) is 0. The molecule has 228 valence electrons. The summed E-state index contributed by atoms with van der Waals surface area (Å²) in [6.45, 7) is 13.0. The van der Waals surface area contributed by atoms with Gasteiger partial charge in [-0.15, -0.1) is 0 Å². The number of benzene rings is 10. The molecule has 0 amide bonds. The SMILES string of the molecule is Cc1cc(C)c(-c2c3cccc4c5cccc6c(-c7c(C)cc(C)cc7C)c7ccc(=O)c8c9c(=O)ccc2c9c(c34)c(c65)c78)c(C)c1. The highest BCUT2D eigenvalue weighted by Crippen LogP contribution is 2.55. The third-order valence-corrected chi connectivity index (χ3v) is 11.2. The fourth-order valence-electron chi connectivity index (χ4n) is 9.84. The first-order valence-corrected chi connectivity index (χ1v) is 16.8. The summed E-state index contributed by atoms with van der Waals surface area (Å²) in [5, 5.41) is 14.3. The minimum atomic E-state index is -0.0997. The molecule has 0 radical (unpaired) electrons. The van der Waals surface area contributed by atoms with Gasteiger partial charge in [-0.2, -0.15) is 0 Å². The van der Waals surface area contributed by atoms with Crippen LogP contribution in [-0.2, 0) is 0 Å². The van der Waals surface area contributed by atoms with Crippen molar-refractivity contribution in [3.05, 3.63) is 139 Å². The van der Waals surface area contributed by atoms with Gasteiger partial charge in [-0.1, -0.05) is 71.8 Å². The molecule has 0 spiro atoms. The van der Waals surface area contributed by atoms with E-state index < -0.39 is 0 Å². The van der Waals surface area contributed by atoms with E-state index in [-0.39, 0.29) is 10.9 Å². The Hall–Kier alpha value is -5.60. The normalized spacial score (nSPS) is 12.5. The van der Waals surface area contributed by atoms with Gasteiger partial charge in [0.2, 0.25) is 0 Å². The molecule has 2 nitrogen and oxygen atoms in total. The minimum Gasteiger partial charge on any atom is -0.289 e. The lowest BCUT2D eigenvalue weighted by atomic mass is 9.75. The summed E-state index contributed by atoms with van der Waals surface area (Å²) in [5.41, 5.74) is 11.8. The van der Waals surface area contributed by atoms with Gasteiger partial charge in [-0.05, 0) is 153 Å². The van der Waals surface area contributed by atoms with Crippen LogP contribution in [0.2, 0.25) is 0 Å². The predicted octanol–water partition coefficient (Wildman–Crippen LogP) is 11.4. The predicted molar refractivity (Wildman–Crippen MR) is 206 cm³/mol. The van der Waals surface area contributed by atoms with E-state index in [1.807, 2.05) is 12.1 Å². The Labute approximate surface area is 277 Å². The van der Waals surface area contributed by atoms with Gasteiger partial charge in [-0.25, -0.2) is 0 Å². The Kier molecular flexibility index (Phi) is 5.19. The maximum atomic E-state index is 14.3. The van der Waals surface area contributed by atoms with E-state index in [2.05, 4.69) is 102 Å². The lowest BCUT2D eigenvalue weighted by molar-refractivity contribution is 1.33. The molecule has 48 heavy (non-hydrogen) atoms. The number of hydrogen-bond donors (Lipinski definition) is 0. The van der Waals surface area contributed by atoms with Crippen LogP contribution in [0.15, 0.2) is 94.5 Å². The molecule has 0 aliphatic heterocycles. The van der Waals surface area contributed by atoms with Gasteiger partial charge >= 0.3 is 0 Å². The summed E-state index contributed by atoms with van der Waals surface area (Å²) in [6, 6.07) is 29.8. The van der Waals surface area contributed by atoms with Crippen molar-refractivity contribution in [3.63, 3.8) is 0 Å². The van der Waals surface area contributed by atoms with Crippen molar-refractivity contribution in [2.24, 2.45) is 0 Å². The standard InChI is InChI=1S/C46H32O2/c1-21-17-23(3)35(24(4)18-21)39-29-11-7-9-27-28-10-8-12-30-38(28)46-42-32(40(30)36-25(5)19-22(2)20-26(36)6)14-16-34(48)44(42)43-33(47)15-13-31(39)41(43)45(46)37(27)29/h7-20H,1-6H3. The molecule has 10 rings (SSSR count). The minimum absolute atomic E-state index is 0.0997. The highest BCUT2D eigenvalue weighted by Gasteiger charge is 2.29. The summed E-state index contributed by atoms with van der Waals surface area (Å²) in [4.78, 5) is 28.5. The molecular weight excluding hydrogens is 585 g/mol. The average molecular weight is 617 g/mol.